The molecule has 2 aromatic carbocycles. The molecule has 0 amide bonds. The van der Waals surface area contributed by atoms with Gasteiger partial charge in [-0.1, -0.05) is 0 Å². The van der Waals surface area contributed by atoms with Gasteiger partial charge in [-0.25, -0.2) is 4.98 Å². The van der Waals surface area contributed by atoms with Crippen LogP contribution in [0.15, 0.2) is 53.4 Å². The first-order chi connectivity index (χ1) is 13.9. The maximum absolute atomic E-state index is 10.6. The lowest BCUT2D eigenvalue weighted by Crippen LogP contribution is -1.93. The third kappa shape index (κ3) is 5.13. The summed E-state index contributed by atoms with van der Waals surface area (Å²) in [7, 11) is 2.80. The quantitative estimate of drug-likeness (QED) is 0.342. The van der Waals surface area contributed by atoms with E-state index in [0.717, 1.165) is 0 Å². The second-order valence-electron chi connectivity index (χ2n) is 5.31. The normalized spacial score (nSPS) is 9.72. The number of methoxy groups -OCH3 is 2. The van der Waals surface area contributed by atoms with Crippen molar-refractivity contribution in [2.24, 2.45) is 0 Å². The Labute approximate surface area is 163 Å². The summed E-state index contributed by atoms with van der Waals surface area (Å²) in [6.07, 6.45) is 3.39. The summed E-state index contributed by atoms with van der Waals surface area (Å²) in [5, 5.41) is 20.9. The van der Waals surface area contributed by atoms with Gasteiger partial charge in [0.05, 0.1) is 53.5 Å². The number of hydrogen-bond acceptors (Lipinski definition) is 9. The van der Waals surface area contributed by atoms with E-state index in [4.69, 9.17) is 13.9 Å². The van der Waals surface area contributed by atoms with Crippen LogP contribution in [0.2, 0.25) is 0 Å². The lowest BCUT2D eigenvalue weighted by molar-refractivity contribution is -0.385. The van der Waals surface area contributed by atoms with Gasteiger partial charge in [-0.05, 0) is 12.1 Å². The average Bonchev–Trinajstić information content (AvgIpc) is 3.27. The van der Waals surface area contributed by atoms with Crippen LogP contribution in [0.3, 0.4) is 0 Å². The zero-order chi connectivity index (χ0) is 21.4. The number of nitro groups is 2. The SMILES string of the molecule is COc1cc([N+](=O)[O-])ccc1-c1cnco1.COc1cc([N+](=O)[O-])ccc1C=O. The maximum Gasteiger partial charge on any atom is 0.273 e. The molecule has 0 saturated heterocycles. The molecule has 0 spiro atoms. The minimum absolute atomic E-state index is 0.0277. The number of hydrogen-bond donors (Lipinski definition) is 0. The lowest BCUT2D eigenvalue weighted by atomic mass is 10.1. The molecule has 0 aliphatic rings. The third-order valence-electron chi connectivity index (χ3n) is 3.65. The standard InChI is InChI=1S/C10H8N2O4.C8H7NO4/c1-15-9-4-7(12(13)14)2-3-8(9)10-5-11-6-16-10;1-13-8-4-7(9(11)12)3-2-6(8)5-10/h2-6H,1H3;2-5H,1H3. The number of carbonyl (C=O) groups excluding carboxylic acids is 1. The van der Waals surface area contributed by atoms with Crippen LogP contribution in [-0.4, -0.2) is 35.3 Å². The molecular formula is C18H15N3O8. The fourth-order valence-corrected chi connectivity index (χ4v) is 2.26. The number of aromatic nitrogens is 1. The molecule has 11 nitrogen and oxygen atoms in total. The van der Waals surface area contributed by atoms with Crippen LogP contribution >= 0.6 is 0 Å². The minimum Gasteiger partial charge on any atom is -0.496 e. The second kappa shape index (κ2) is 9.60. The molecule has 11 heteroatoms. The molecule has 3 rings (SSSR count). The van der Waals surface area contributed by atoms with E-state index in [1.54, 1.807) is 6.07 Å². The first-order valence-electron chi connectivity index (χ1n) is 7.90. The highest BCUT2D eigenvalue weighted by atomic mass is 16.6. The molecular weight excluding hydrogens is 386 g/mol. The molecule has 0 bridgehead atoms. The molecule has 1 heterocycles. The fraction of sp³-hybridized carbons (Fsp3) is 0.111. The Bertz CT molecular complexity index is 1020. The largest absolute Gasteiger partial charge is 0.496 e. The van der Waals surface area contributed by atoms with Crippen LogP contribution in [0.25, 0.3) is 11.3 Å². The summed E-state index contributed by atoms with van der Waals surface area (Å²) in [6, 6.07) is 8.12. The predicted octanol–water partition coefficient (Wildman–Crippen LogP) is 3.67. The van der Waals surface area contributed by atoms with Crippen molar-refractivity contribution in [2.75, 3.05) is 14.2 Å². The summed E-state index contributed by atoms with van der Waals surface area (Å²) in [4.78, 5) is 34.1. The van der Waals surface area contributed by atoms with Gasteiger partial charge in [0, 0.05) is 12.1 Å². The van der Waals surface area contributed by atoms with Gasteiger partial charge in [-0.15, -0.1) is 0 Å². The topological polar surface area (TPSA) is 148 Å². The number of benzene rings is 2. The maximum atomic E-state index is 10.6. The summed E-state index contributed by atoms with van der Waals surface area (Å²) in [5.74, 6) is 1.10. The molecule has 0 fully saturated rings. The Hall–Kier alpha value is -4.28. The van der Waals surface area contributed by atoms with E-state index in [0.29, 0.717) is 28.9 Å². The van der Waals surface area contributed by atoms with E-state index in [1.807, 2.05) is 0 Å². The number of aldehydes is 1. The molecule has 29 heavy (non-hydrogen) atoms. The zero-order valence-corrected chi connectivity index (χ0v) is 15.3. The molecule has 0 radical (unpaired) electrons. The predicted molar refractivity (Wildman–Crippen MR) is 100 cm³/mol. The summed E-state index contributed by atoms with van der Waals surface area (Å²) >= 11 is 0. The van der Waals surface area contributed by atoms with Crippen molar-refractivity contribution in [2.45, 2.75) is 0 Å². The van der Waals surface area contributed by atoms with Crippen LogP contribution in [0.4, 0.5) is 11.4 Å². The molecule has 150 valence electrons. The summed E-state index contributed by atoms with van der Waals surface area (Å²) in [5.41, 5.74) is 0.807. The monoisotopic (exact) mass is 401 g/mol. The highest BCUT2D eigenvalue weighted by Crippen LogP contribution is 2.32. The van der Waals surface area contributed by atoms with Crippen LogP contribution in [0, 0.1) is 20.2 Å². The molecule has 0 unspecified atom stereocenters. The van der Waals surface area contributed by atoms with Gasteiger partial charge >= 0.3 is 0 Å². The summed E-state index contributed by atoms with van der Waals surface area (Å²) in [6.45, 7) is 0. The Balaban J connectivity index is 0.000000212. The van der Waals surface area contributed by atoms with Crippen LogP contribution in [0.1, 0.15) is 10.4 Å². The van der Waals surface area contributed by atoms with E-state index in [2.05, 4.69) is 4.98 Å². The van der Waals surface area contributed by atoms with Crippen molar-refractivity contribution < 1.29 is 28.5 Å². The number of oxazole rings is 1. The zero-order valence-electron chi connectivity index (χ0n) is 15.3. The van der Waals surface area contributed by atoms with E-state index in [1.165, 1.54) is 57.1 Å². The molecule has 0 saturated carbocycles. The minimum atomic E-state index is -0.545. The number of rotatable bonds is 6. The number of carbonyl (C=O) groups is 1. The van der Waals surface area contributed by atoms with Gasteiger partial charge in [-0.3, -0.25) is 25.0 Å². The van der Waals surface area contributed by atoms with Gasteiger partial charge in [0.2, 0.25) is 0 Å². The highest BCUT2D eigenvalue weighted by Gasteiger charge is 2.14. The molecule has 3 aromatic rings. The first-order valence-corrected chi connectivity index (χ1v) is 7.90. The Morgan fingerprint density at radius 3 is 2.03 bits per heavy atom. The van der Waals surface area contributed by atoms with E-state index in [9.17, 15) is 25.0 Å². The Morgan fingerprint density at radius 1 is 0.966 bits per heavy atom. The van der Waals surface area contributed by atoms with Gasteiger partial charge in [0.1, 0.15) is 11.5 Å². The van der Waals surface area contributed by atoms with E-state index in [-0.39, 0.29) is 17.1 Å². The van der Waals surface area contributed by atoms with E-state index >= 15 is 0 Å². The molecule has 0 N–H and O–H groups in total. The lowest BCUT2D eigenvalue weighted by Gasteiger charge is -2.04. The van der Waals surface area contributed by atoms with Gasteiger partial charge < -0.3 is 13.9 Å². The smallest absolute Gasteiger partial charge is 0.273 e. The number of non-ortho nitro benzene ring substituents is 2. The highest BCUT2D eigenvalue weighted by molar-refractivity contribution is 5.80. The van der Waals surface area contributed by atoms with Crippen LogP contribution in [0.5, 0.6) is 11.5 Å². The van der Waals surface area contributed by atoms with Gasteiger partial charge in [-0.2, -0.15) is 0 Å². The fourth-order valence-electron chi connectivity index (χ4n) is 2.26. The van der Waals surface area contributed by atoms with Crippen molar-refractivity contribution in [1.29, 1.82) is 0 Å². The van der Waals surface area contributed by atoms with Crippen molar-refractivity contribution in [3.8, 4) is 22.8 Å². The second-order valence-corrected chi connectivity index (χ2v) is 5.31. The molecule has 0 aliphatic carbocycles. The van der Waals surface area contributed by atoms with Crippen LogP contribution in [-0.2, 0) is 0 Å². The molecule has 1 aromatic heterocycles. The van der Waals surface area contributed by atoms with Gasteiger partial charge in [0.25, 0.3) is 11.4 Å². The van der Waals surface area contributed by atoms with Crippen LogP contribution < -0.4 is 9.47 Å². The first kappa shape index (κ1) is 21.0. The van der Waals surface area contributed by atoms with Crippen molar-refractivity contribution in [3.05, 3.63) is 74.8 Å². The Morgan fingerprint density at radius 2 is 1.55 bits per heavy atom. The molecule has 0 atom stereocenters. The van der Waals surface area contributed by atoms with Crippen molar-refractivity contribution in [1.82, 2.24) is 4.98 Å². The number of ether oxygens (including phenoxy) is 2. The summed E-state index contributed by atoms with van der Waals surface area (Å²) < 4.78 is 15.0. The van der Waals surface area contributed by atoms with Crippen molar-refractivity contribution in [3.63, 3.8) is 0 Å². The van der Waals surface area contributed by atoms with Crippen molar-refractivity contribution >= 4 is 17.7 Å². The number of nitro benzene ring substituents is 2. The Kier molecular flexibility index (Phi) is 6.96. The average molecular weight is 401 g/mol. The molecule has 0 aliphatic heterocycles. The third-order valence-corrected chi connectivity index (χ3v) is 3.65. The van der Waals surface area contributed by atoms with E-state index < -0.39 is 9.85 Å². The number of nitrogens with zero attached hydrogens (tertiary/aromatic N) is 3. The van der Waals surface area contributed by atoms with Gasteiger partial charge in [0.15, 0.2) is 18.4 Å².